The topological polar surface area (TPSA) is 32.6 Å². The van der Waals surface area contributed by atoms with Crippen molar-refractivity contribution >= 4 is 6.21 Å². The highest BCUT2D eigenvalue weighted by Gasteiger charge is 2.50. The smallest absolute Gasteiger partial charge is 0.127 e. The molecule has 1 N–H and O–H groups in total. The van der Waals surface area contributed by atoms with E-state index in [0.29, 0.717) is 11.7 Å². The van der Waals surface area contributed by atoms with Crippen LogP contribution < -0.4 is 0 Å². The van der Waals surface area contributed by atoms with Gasteiger partial charge in [0.15, 0.2) is 0 Å². The lowest BCUT2D eigenvalue weighted by atomic mass is 9.53. The molecule has 0 spiro atoms. The quantitative estimate of drug-likeness (QED) is 0.790. The summed E-state index contributed by atoms with van der Waals surface area (Å²) in [6.07, 6.45) is 10.1. The lowest BCUT2D eigenvalue weighted by Crippen LogP contribution is -2.49. The Labute approximate surface area is 133 Å². The van der Waals surface area contributed by atoms with Gasteiger partial charge in [-0.05, 0) is 73.8 Å². The molecule has 4 saturated carbocycles. The molecule has 2 heteroatoms. The fraction of sp³-hybridized carbons (Fsp3) is 0.650. The van der Waals surface area contributed by atoms with E-state index < -0.39 is 0 Å². The maximum atomic E-state index is 10.5. The van der Waals surface area contributed by atoms with Crippen LogP contribution in [0.25, 0.3) is 0 Å². The monoisotopic (exact) mass is 297 g/mol. The molecule has 4 fully saturated rings. The fourth-order valence-corrected chi connectivity index (χ4v) is 5.58. The number of phenols is 1. The zero-order valence-electron chi connectivity index (χ0n) is 13.8. The number of benzene rings is 1. The van der Waals surface area contributed by atoms with Crippen LogP contribution in [-0.2, 0) is 0 Å². The maximum Gasteiger partial charge on any atom is 0.127 e. The van der Waals surface area contributed by atoms with Gasteiger partial charge in [-0.3, -0.25) is 4.99 Å². The Morgan fingerprint density at radius 2 is 1.68 bits per heavy atom. The summed E-state index contributed by atoms with van der Waals surface area (Å²) in [5, 5.41) is 10.5. The van der Waals surface area contributed by atoms with Crippen molar-refractivity contribution in [2.45, 2.75) is 63.8 Å². The number of hydrogen-bond acceptors (Lipinski definition) is 2. The van der Waals surface area contributed by atoms with E-state index in [1.54, 1.807) is 0 Å². The summed E-state index contributed by atoms with van der Waals surface area (Å²) in [4.78, 5) is 5.06. The number of rotatable bonds is 3. The van der Waals surface area contributed by atoms with Crippen molar-refractivity contribution in [3.8, 4) is 5.75 Å². The van der Waals surface area contributed by atoms with Crippen molar-refractivity contribution in [3.05, 3.63) is 29.3 Å². The summed E-state index contributed by atoms with van der Waals surface area (Å²) in [5.41, 5.74) is 2.10. The Hall–Kier alpha value is -1.31. The lowest BCUT2D eigenvalue weighted by Gasteiger charge is -2.55. The molecule has 4 bridgehead atoms. The normalized spacial score (nSPS) is 36.6. The zero-order valence-corrected chi connectivity index (χ0v) is 13.8. The molecule has 5 rings (SSSR count). The first-order valence-electron chi connectivity index (χ1n) is 8.92. The van der Waals surface area contributed by atoms with Gasteiger partial charge in [0.05, 0.1) is 5.54 Å². The average molecular weight is 297 g/mol. The van der Waals surface area contributed by atoms with Gasteiger partial charge in [-0.2, -0.15) is 0 Å². The molecular weight excluding hydrogens is 270 g/mol. The minimum Gasteiger partial charge on any atom is -0.507 e. The molecule has 1 aromatic carbocycles. The van der Waals surface area contributed by atoms with E-state index in [1.165, 1.54) is 38.5 Å². The van der Waals surface area contributed by atoms with E-state index in [-0.39, 0.29) is 5.54 Å². The SMILES string of the molecule is CC(C)c1cccc(C=NC23CC4CC(CC(C4)C2)C3)c1O. The van der Waals surface area contributed by atoms with Crippen LogP contribution >= 0.6 is 0 Å². The van der Waals surface area contributed by atoms with Gasteiger partial charge in [0.1, 0.15) is 5.75 Å². The van der Waals surface area contributed by atoms with Gasteiger partial charge in [-0.25, -0.2) is 0 Å². The van der Waals surface area contributed by atoms with Gasteiger partial charge in [-0.15, -0.1) is 0 Å². The van der Waals surface area contributed by atoms with Crippen molar-refractivity contribution in [2.75, 3.05) is 0 Å². The van der Waals surface area contributed by atoms with E-state index in [9.17, 15) is 5.11 Å². The summed E-state index contributed by atoms with van der Waals surface area (Å²) in [6.45, 7) is 4.24. The van der Waals surface area contributed by atoms with Crippen molar-refractivity contribution in [2.24, 2.45) is 22.7 Å². The molecule has 0 unspecified atom stereocenters. The summed E-state index contributed by atoms with van der Waals surface area (Å²) >= 11 is 0. The van der Waals surface area contributed by atoms with Crippen molar-refractivity contribution in [3.63, 3.8) is 0 Å². The number of aromatic hydroxyl groups is 1. The van der Waals surface area contributed by atoms with Crippen LogP contribution in [0.2, 0.25) is 0 Å². The number of aliphatic imine (C=N–C) groups is 1. The van der Waals surface area contributed by atoms with Gasteiger partial charge in [0.2, 0.25) is 0 Å². The molecule has 118 valence electrons. The Morgan fingerprint density at radius 3 is 2.23 bits per heavy atom. The summed E-state index contributed by atoms with van der Waals surface area (Å²) < 4.78 is 0. The number of hydrogen-bond donors (Lipinski definition) is 1. The Bertz CT molecular complexity index is 566. The van der Waals surface area contributed by atoms with Crippen molar-refractivity contribution in [1.29, 1.82) is 0 Å². The molecule has 0 saturated heterocycles. The maximum absolute atomic E-state index is 10.5. The van der Waals surface area contributed by atoms with Crippen LogP contribution in [0.3, 0.4) is 0 Å². The molecule has 0 amide bonds. The highest BCUT2D eigenvalue weighted by atomic mass is 16.3. The van der Waals surface area contributed by atoms with Gasteiger partial charge >= 0.3 is 0 Å². The van der Waals surface area contributed by atoms with E-state index in [0.717, 1.165) is 28.9 Å². The molecule has 0 aromatic heterocycles. The predicted octanol–water partition coefficient (Wildman–Crippen LogP) is 4.90. The lowest BCUT2D eigenvalue weighted by molar-refractivity contribution is 0.00194. The highest BCUT2D eigenvalue weighted by Crippen LogP contribution is 2.57. The highest BCUT2D eigenvalue weighted by molar-refractivity contribution is 5.84. The average Bonchev–Trinajstić information content (AvgIpc) is 2.44. The first-order valence-corrected chi connectivity index (χ1v) is 8.92. The first kappa shape index (κ1) is 14.3. The fourth-order valence-electron chi connectivity index (χ4n) is 5.58. The molecule has 0 heterocycles. The van der Waals surface area contributed by atoms with Gasteiger partial charge in [0, 0.05) is 11.8 Å². The van der Waals surface area contributed by atoms with E-state index in [1.807, 2.05) is 24.4 Å². The third-order valence-electron chi connectivity index (χ3n) is 6.20. The second kappa shape index (κ2) is 5.11. The molecule has 22 heavy (non-hydrogen) atoms. The zero-order chi connectivity index (χ0) is 15.3. The molecule has 2 nitrogen and oxygen atoms in total. The van der Waals surface area contributed by atoms with Crippen molar-refractivity contribution < 1.29 is 5.11 Å². The standard InChI is InChI=1S/C20H27NO/c1-13(2)18-5-3-4-17(19(18)22)12-21-20-9-14-6-15(10-20)8-16(7-14)11-20/h3-5,12-16,22H,6-11H2,1-2H3. The predicted molar refractivity (Wildman–Crippen MR) is 90.7 cm³/mol. The third kappa shape index (κ3) is 2.37. The van der Waals surface area contributed by atoms with Crippen LogP contribution in [0.15, 0.2) is 23.2 Å². The number of nitrogens with zero attached hydrogens (tertiary/aromatic N) is 1. The van der Waals surface area contributed by atoms with Gasteiger partial charge in [-0.1, -0.05) is 26.0 Å². The van der Waals surface area contributed by atoms with Crippen LogP contribution in [0.5, 0.6) is 5.75 Å². The van der Waals surface area contributed by atoms with E-state index in [2.05, 4.69) is 13.8 Å². The van der Waals surface area contributed by atoms with Gasteiger partial charge < -0.3 is 5.11 Å². The van der Waals surface area contributed by atoms with E-state index >= 15 is 0 Å². The Balaban J connectivity index is 1.61. The van der Waals surface area contributed by atoms with Crippen LogP contribution in [0.1, 0.15) is 69.4 Å². The first-order chi connectivity index (χ1) is 10.5. The number of phenolic OH excluding ortho intramolecular Hbond substituents is 1. The molecule has 0 radical (unpaired) electrons. The molecule has 1 aromatic rings. The third-order valence-corrected chi connectivity index (χ3v) is 6.20. The molecule has 0 aliphatic heterocycles. The summed E-state index contributed by atoms with van der Waals surface area (Å²) in [5.74, 6) is 3.51. The van der Waals surface area contributed by atoms with Crippen LogP contribution in [0, 0.1) is 17.8 Å². The summed E-state index contributed by atoms with van der Waals surface area (Å²) in [6, 6.07) is 6.05. The van der Waals surface area contributed by atoms with Crippen LogP contribution in [-0.4, -0.2) is 16.9 Å². The van der Waals surface area contributed by atoms with Gasteiger partial charge in [0.25, 0.3) is 0 Å². The second-order valence-corrected chi connectivity index (χ2v) is 8.34. The minimum absolute atomic E-state index is 0.190. The second-order valence-electron chi connectivity index (χ2n) is 8.34. The van der Waals surface area contributed by atoms with Crippen molar-refractivity contribution in [1.82, 2.24) is 0 Å². The molecule has 4 aliphatic rings. The number of para-hydroxylation sites is 1. The molecular formula is C20H27NO. The Kier molecular flexibility index (Phi) is 3.32. The van der Waals surface area contributed by atoms with Crippen LogP contribution in [0.4, 0.5) is 0 Å². The largest absolute Gasteiger partial charge is 0.507 e. The molecule has 4 aliphatic carbocycles. The Morgan fingerprint density at radius 1 is 1.09 bits per heavy atom. The summed E-state index contributed by atoms with van der Waals surface area (Å²) in [7, 11) is 0. The molecule has 0 atom stereocenters. The van der Waals surface area contributed by atoms with E-state index in [4.69, 9.17) is 4.99 Å². The minimum atomic E-state index is 0.190.